The van der Waals surface area contributed by atoms with Crippen LogP contribution in [0.2, 0.25) is 0 Å². The van der Waals surface area contributed by atoms with Gasteiger partial charge in [0.2, 0.25) is 0 Å². The number of carbonyl (C=O) groups excluding carboxylic acids is 1. The third kappa shape index (κ3) is 4.97. The van der Waals surface area contributed by atoms with E-state index in [9.17, 15) is 4.79 Å². The fourth-order valence-electron chi connectivity index (χ4n) is 6.60. The van der Waals surface area contributed by atoms with Crippen LogP contribution in [0.25, 0.3) is 33.6 Å². The molecule has 41 heavy (non-hydrogen) atoms. The normalized spacial score (nSPS) is 20.7. The van der Waals surface area contributed by atoms with Crippen molar-refractivity contribution in [3.05, 3.63) is 42.1 Å². The maximum absolute atomic E-state index is 14.1. The number of nitrogens with zero attached hydrogens (tertiary/aromatic N) is 5. The van der Waals surface area contributed by atoms with E-state index >= 15 is 0 Å². The van der Waals surface area contributed by atoms with Gasteiger partial charge in [-0.05, 0) is 67.9 Å². The lowest BCUT2D eigenvalue weighted by Crippen LogP contribution is -2.43. The molecular weight excluding hydrogens is 512 g/mol. The smallest absolute Gasteiger partial charge is 0.254 e. The highest BCUT2D eigenvalue weighted by Gasteiger charge is 2.41. The van der Waals surface area contributed by atoms with E-state index in [1.807, 2.05) is 36.3 Å². The van der Waals surface area contributed by atoms with Crippen molar-refractivity contribution in [2.45, 2.75) is 70.5 Å². The molecule has 1 aliphatic carbocycles. The summed E-state index contributed by atoms with van der Waals surface area (Å²) in [6.07, 6.45) is 14.3. The van der Waals surface area contributed by atoms with Crippen molar-refractivity contribution in [2.75, 3.05) is 13.7 Å². The number of pyridine rings is 1. The largest absolute Gasteiger partial charge is 0.494 e. The van der Waals surface area contributed by atoms with Crippen LogP contribution in [-0.2, 0) is 13.6 Å². The van der Waals surface area contributed by atoms with Crippen LogP contribution in [0.15, 0.2) is 36.5 Å². The van der Waals surface area contributed by atoms with Crippen LogP contribution in [0, 0.1) is 24.2 Å². The van der Waals surface area contributed by atoms with Gasteiger partial charge in [0.15, 0.2) is 5.82 Å². The zero-order chi connectivity index (χ0) is 28.7. The lowest BCUT2D eigenvalue weighted by Gasteiger charge is -2.27. The van der Waals surface area contributed by atoms with Gasteiger partial charge >= 0.3 is 0 Å². The molecular formula is C33H40N6O2. The Morgan fingerprint density at radius 2 is 2.07 bits per heavy atom. The van der Waals surface area contributed by atoms with Gasteiger partial charge in [-0.2, -0.15) is 0 Å². The molecule has 0 bridgehead atoms. The lowest BCUT2D eigenvalue weighted by molar-refractivity contribution is 0.0719. The van der Waals surface area contributed by atoms with Crippen molar-refractivity contribution in [2.24, 2.45) is 24.6 Å². The van der Waals surface area contributed by atoms with Crippen molar-refractivity contribution < 1.29 is 9.53 Å². The number of fused-ring (bicyclic) bond motifs is 2. The molecule has 3 unspecified atom stereocenters. The number of aryl methyl sites for hydroxylation is 1. The third-order valence-corrected chi connectivity index (χ3v) is 9.10. The summed E-state index contributed by atoms with van der Waals surface area (Å²) >= 11 is 0. The van der Waals surface area contributed by atoms with E-state index < -0.39 is 0 Å². The van der Waals surface area contributed by atoms with Gasteiger partial charge in [0.1, 0.15) is 16.9 Å². The van der Waals surface area contributed by atoms with Crippen molar-refractivity contribution in [3.8, 4) is 29.6 Å². The van der Waals surface area contributed by atoms with Crippen LogP contribution in [0.3, 0.4) is 0 Å². The number of likely N-dealkylation sites (tertiary alicyclic amines) is 1. The van der Waals surface area contributed by atoms with E-state index in [0.29, 0.717) is 23.8 Å². The van der Waals surface area contributed by atoms with Crippen molar-refractivity contribution in [3.63, 3.8) is 0 Å². The monoisotopic (exact) mass is 552 g/mol. The molecule has 1 amide bonds. The predicted molar refractivity (Wildman–Crippen MR) is 163 cm³/mol. The number of hydrogen-bond donors (Lipinski definition) is 1. The number of hydrogen-bond acceptors (Lipinski definition) is 5. The van der Waals surface area contributed by atoms with Crippen molar-refractivity contribution in [1.29, 1.82) is 0 Å². The molecule has 1 aromatic carbocycles. The molecule has 3 aromatic heterocycles. The Morgan fingerprint density at radius 3 is 2.80 bits per heavy atom. The number of amides is 1. The van der Waals surface area contributed by atoms with E-state index in [-0.39, 0.29) is 23.9 Å². The summed E-state index contributed by atoms with van der Waals surface area (Å²) in [6.45, 7) is 3.74. The molecule has 1 saturated heterocycles. The quantitative estimate of drug-likeness (QED) is 0.211. The maximum Gasteiger partial charge on any atom is 0.254 e. The minimum Gasteiger partial charge on any atom is -0.494 e. The second-order valence-electron chi connectivity index (χ2n) is 11.8. The van der Waals surface area contributed by atoms with Gasteiger partial charge in [-0.25, -0.2) is 9.97 Å². The molecule has 1 saturated carbocycles. The van der Waals surface area contributed by atoms with Crippen LogP contribution in [0.1, 0.15) is 62.2 Å². The molecule has 2 aliphatic rings. The van der Waals surface area contributed by atoms with Gasteiger partial charge in [-0.1, -0.05) is 19.8 Å². The molecule has 8 heteroatoms. The summed E-state index contributed by atoms with van der Waals surface area (Å²) in [6, 6.07) is 9.97. The first-order valence-corrected chi connectivity index (χ1v) is 14.9. The molecule has 1 aliphatic heterocycles. The number of nitrogens with two attached hydrogens (primary N) is 1. The number of rotatable bonds is 10. The van der Waals surface area contributed by atoms with E-state index in [0.717, 1.165) is 72.2 Å². The van der Waals surface area contributed by atoms with Crippen molar-refractivity contribution >= 4 is 28.0 Å². The summed E-state index contributed by atoms with van der Waals surface area (Å²) in [4.78, 5) is 25.8. The second kappa shape index (κ2) is 11.2. The summed E-state index contributed by atoms with van der Waals surface area (Å²) < 4.78 is 10.2. The first-order chi connectivity index (χ1) is 19.9. The minimum absolute atomic E-state index is 0.00293. The molecule has 4 aromatic rings. The van der Waals surface area contributed by atoms with E-state index in [2.05, 4.69) is 34.1 Å². The van der Waals surface area contributed by atoms with E-state index in [1.165, 1.54) is 12.8 Å². The van der Waals surface area contributed by atoms with Gasteiger partial charge in [0, 0.05) is 55.8 Å². The molecule has 2 N–H and O–H groups in total. The number of carbonyl (C=O) groups is 1. The Bertz CT molecular complexity index is 1620. The molecule has 6 rings (SSSR count). The van der Waals surface area contributed by atoms with E-state index in [4.69, 9.17) is 26.9 Å². The Balaban J connectivity index is 1.38. The standard InChI is InChI=1S/C33H40N6O2/c1-5-7-8-9-12-26-29(34)22(6-2)20-39(26)33(40)24-16-25-30(28(18-24)41-4)37(3)32(36-25)27-17-23-11-10-15-35-31(23)38(27)19-21-13-14-21/h1,10-11,15-18,21-22,26,29H,6-9,12-14,19-20,34H2,2-4H3. The Hall–Kier alpha value is -3.83. The lowest BCUT2D eigenvalue weighted by atomic mass is 9.94. The summed E-state index contributed by atoms with van der Waals surface area (Å²) in [7, 11) is 3.66. The molecule has 3 atom stereocenters. The number of methoxy groups -OCH3 is 1. The molecule has 0 radical (unpaired) electrons. The number of ether oxygens (including phenoxy) is 1. The van der Waals surface area contributed by atoms with E-state index in [1.54, 1.807) is 7.11 Å². The van der Waals surface area contributed by atoms with Gasteiger partial charge < -0.3 is 24.5 Å². The third-order valence-electron chi connectivity index (χ3n) is 9.10. The highest BCUT2D eigenvalue weighted by Crippen LogP contribution is 2.38. The Kier molecular flexibility index (Phi) is 7.48. The fraction of sp³-hybridized carbons (Fsp3) is 0.485. The first kappa shape index (κ1) is 27.3. The molecule has 214 valence electrons. The van der Waals surface area contributed by atoms with Crippen molar-refractivity contribution in [1.82, 2.24) is 24.0 Å². The highest BCUT2D eigenvalue weighted by molar-refractivity contribution is 6.00. The summed E-state index contributed by atoms with van der Waals surface area (Å²) in [5.74, 6) is 5.13. The zero-order valence-corrected chi connectivity index (χ0v) is 24.3. The second-order valence-corrected chi connectivity index (χ2v) is 11.8. The fourth-order valence-corrected chi connectivity index (χ4v) is 6.60. The molecule has 2 fully saturated rings. The van der Waals surface area contributed by atoms with Gasteiger partial charge in [0.05, 0.1) is 18.3 Å². The Labute approximate surface area is 241 Å². The number of imidazole rings is 1. The van der Waals surface area contributed by atoms with Gasteiger partial charge in [0.25, 0.3) is 5.91 Å². The predicted octanol–water partition coefficient (Wildman–Crippen LogP) is 5.38. The summed E-state index contributed by atoms with van der Waals surface area (Å²) in [5.41, 5.74) is 10.9. The SMILES string of the molecule is C#CCCCCC1C(N)C(CC)CN1C(=O)c1cc(OC)c2c(c1)nc(-c1cc3cccnc3n1CC1CC1)n2C. The first-order valence-electron chi connectivity index (χ1n) is 14.9. The zero-order valence-electron chi connectivity index (χ0n) is 24.3. The average Bonchev–Trinajstić information content (AvgIpc) is 3.54. The number of benzene rings is 1. The highest BCUT2D eigenvalue weighted by atomic mass is 16.5. The maximum atomic E-state index is 14.1. The van der Waals surface area contributed by atoms with Crippen LogP contribution in [0.5, 0.6) is 5.75 Å². The number of unbranched alkanes of at least 4 members (excludes halogenated alkanes) is 2. The summed E-state index contributed by atoms with van der Waals surface area (Å²) in [5, 5.41) is 1.10. The van der Waals surface area contributed by atoms with Crippen LogP contribution in [-0.4, -0.2) is 55.6 Å². The molecule has 0 spiro atoms. The number of terminal acetylenes is 1. The van der Waals surface area contributed by atoms with Gasteiger partial charge in [-0.15, -0.1) is 12.3 Å². The topological polar surface area (TPSA) is 91.2 Å². The van der Waals surface area contributed by atoms with Gasteiger partial charge in [-0.3, -0.25) is 4.79 Å². The van der Waals surface area contributed by atoms with Crippen LogP contribution in [0.4, 0.5) is 0 Å². The molecule has 4 heterocycles. The minimum atomic E-state index is -0.0381. The molecule has 8 nitrogen and oxygen atoms in total. The number of aromatic nitrogens is 4. The van der Waals surface area contributed by atoms with Crippen LogP contribution < -0.4 is 10.5 Å². The average molecular weight is 553 g/mol. The van der Waals surface area contributed by atoms with Crippen LogP contribution >= 0.6 is 0 Å². The Morgan fingerprint density at radius 1 is 1.24 bits per heavy atom.